The van der Waals surface area contributed by atoms with Crippen molar-refractivity contribution in [2.75, 3.05) is 18.0 Å². The van der Waals surface area contributed by atoms with E-state index in [-0.39, 0.29) is 5.78 Å². The SMILES string of the molecule is CCC1CCN(c2ccc(C(C)=O)c(Cl)c2)C1. The van der Waals surface area contributed by atoms with E-state index in [1.54, 1.807) is 6.92 Å². The first-order valence-electron chi connectivity index (χ1n) is 6.17. The van der Waals surface area contributed by atoms with Crippen LogP contribution < -0.4 is 4.90 Å². The Morgan fingerprint density at radius 3 is 2.82 bits per heavy atom. The second kappa shape index (κ2) is 5.09. The third kappa shape index (κ3) is 2.63. The number of halogens is 1. The monoisotopic (exact) mass is 251 g/mol. The number of hydrogen-bond donors (Lipinski definition) is 0. The van der Waals surface area contributed by atoms with Crippen LogP contribution in [0.15, 0.2) is 18.2 Å². The molecule has 92 valence electrons. The lowest BCUT2D eigenvalue weighted by molar-refractivity contribution is 0.101. The van der Waals surface area contributed by atoms with Gasteiger partial charge in [0.15, 0.2) is 5.78 Å². The van der Waals surface area contributed by atoms with Gasteiger partial charge in [-0.25, -0.2) is 0 Å². The Kier molecular flexibility index (Phi) is 3.72. The fraction of sp³-hybridized carbons (Fsp3) is 0.500. The second-order valence-electron chi connectivity index (χ2n) is 4.73. The van der Waals surface area contributed by atoms with Crippen molar-refractivity contribution in [3.63, 3.8) is 0 Å². The molecule has 1 unspecified atom stereocenters. The van der Waals surface area contributed by atoms with Crippen LogP contribution in [0, 0.1) is 5.92 Å². The van der Waals surface area contributed by atoms with Gasteiger partial charge in [0.25, 0.3) is 0 Å². The van der Waals surface area contributed by atoms with Crippen LogP contribution in [0.5, 0.6) is 0 Å². The molecule has 1 heterocycles. The van der Waals surface area contributed by atoms with Gasteiger partial charge in [0.05, 0.1) is 5.02 Å². The summed E-state index contributed by atoms with van der Waals surface area (Å²) in [6.45, 7) is 5.98. The van der Waals surface area contributed by atoms with Gasteiger partial charge in [0.2, 0.25) is 0 Å². The van der Waals surface area contributed by atoms with Crippen LogP contribution in [-0.4, -0.2) is 18.9 Å². The molecular formula is C14H18ClNO. The van der Waals surface area contributed by atoms with Gasteiger partial charge in [-0.05, 0) is 37.5 Å². The van der Waals surface area contributed by atoms with Crippen LogP contribution in [0.1, 0.15) is 37.0 Å². The van der Waals surface area contributed by atoms with Crippen LogP contribution in [0.2, 0.25) is 5.02 Å². The fourth-order valence-electron chi connectivity index (χ4n) is 2.39. The third-order valence-corrected chi connectivity index (χ3v) is 3.87. The molecule has 0 aromatic heterocycles. The Morgan fingerprint density at radius 1 is 1.53 bits per heavy atom. The van der Waals surface area contributed by atoms with Crippen molar-refractivity contribution in [3.05, 3.63) is 28.8 Å². The Balaban J connectivity index is 2.18. The predicted molar refractivity (Wildman–Crippen MR) is 72.1 cm³/mol. The van der Waals surface area contributed by atoms with Gasteiger partial charge in [0.1, 0.15) is 0 Å². The zero-order chi connectivity index (χ0) is 12.4. The molecule has 3 heteroatoms. The van der Waals surface area contributed by atoms with E-state index in [1.165, 1.54) is 12.8 Å². The Bertz CT molecular complexity index is 430. The molecule has 0 saturated carbocycles. The van der Waals surface area contributed by atoms with Crippen molar-refractivity contribution in [2.45, 2.75) is 26.7 Å². The lowest BCUT2D eigenvalue weighted by Crippen LogP contribution is -2.19. The van der Waals surface area contributed by atoms with E-state index < -0.39 is 0 Å². The van der Waals surface area contributed by atoms with E-state index in [9.17, 15) is 4.79 Å². The van der Waals surface area contributed by atoms with Crippen LogP contribution in [0.3, 0.4) is 0 Å². The fourth-order valence-corrected chi connectivity index (χ4v) is 2.69. The predicted octanol–water partition coefficient (Wildman–Crippen LogP) is 3.78. The lowest BCUT2D eigenvalue weighted by Gasteiger charge is -2.19. The first kappa shape index (κ1) is 12.4. The molecule has 1 aromatic rings. The van der Waals surface area contributed by atoms with Crippen LogP contribution in [-0.2, 0) is 0 Å². The highest BCUT2D eigenvalue weighted by Gasteiger charge is 2.21. The summed E-state index contributed by atoms with van der Waals surface area (Å²) in [4.78, 5) is 13.7. The van der Waals surface area contributed by atoms with Crippen molar-refractivity contribution in [1.82, 2.24) is 0 Å². The van der Waals surface area contributed by atoms with E-state index >= 15 is 0 Å². The van der Waals surface area contributed by atoms with Crippen molar-refractivity contribution < 1.29 is 4.79 Å². The van der Waals surface area contributed by atoms with Crippen molar-refractivity contribution in [2.24, 2.45) is 5.92 Å². The topological polar surface area (TPSA) is 20.3 Å². The Morgan fingerprint density at radius 2 is 2.29 bits per heavy atom. The first-order valence-corrected chi connectivity index (χ1v) is 6.55. The number of hydrogen-bond acceptors (Lipinski definition) is 2. The summed E-state index contributed by atoms with van der Waals surface area (Å²) >= 11 is 6.13. The number of ketones is 1. The summed E-state index contributed by atoms with van der Waals surface area (Å²) in [5.74, 6) is 0.815. The molecule has 0 N–H and O–H groups in total. The Labute approximate surface area is 108 Å². The van der Waals surface area contributed by atoms with Gasteiger partial charge in [-0.3, -0.25) is 4.79 Å². The zero-order valence-electron chi connectivity index (χ0n) is 10.4. The molecule has 0 aliphatic carbocycles. The van der Waals surface area contributed by atoms with Gasteiger partial charge >= 0.3 is 0 Å². The minimum atomic E-state index is 0.0226. The number of rotatable bonds is 3. The van der Waals surface area contributed by atoms with E-state index in [2.05, 4.69) is 11.8 Å². The number of anilines is 1. The average molecular weight is 252 g/mol. The molecule has 1 aromatic carbocycles. The van der Waals surface area contributed by atoms with E-state index in [0.29, 0.717) is 10.6 Å². The van der Waals surface area contributed by atoms with Crippen LogP contribution in [0.25, 0.3) is 0 Å². The van der Waals surface area contributed by atoms with Gasteiger partial charge in [-0.1, -0.05) is 24.9 Å². The first-order chi connectivity index (χ1) is 8.11. The maximum Gasteiger partial charge on any atom is 0.161 e. The highest BCUT2D eigenvalue weighted by Crippen LogP contribution is 2.29. The summed E-state index contributed by atoms with van der Waals surface area (Å²) in [6, 6.07) is 5.75. The number of benzene rings is 1. The molecule has 1 atom stereocenters. The normalized spacial score (nSPS) is 19.7. The minimum Gasteiger partial charge on any atom is -0.371 e. The summed E-state index contributed by atoms with van der Waals surface area (Å²) < 4.78 is 0. The quantitative estimate of drug-likeness (QED) is 0.762. The van der Waals surface area contributed by atoms with Crippen molar-refractivity contribution in [3.8, 4) is 0 Å². The highest BCUT2D eigenvalue weighted by molar-refractivity contribution is 6.34. The van der Waals surface area contributed by atoms with E-state index in [0.717, 1.165) is 24.7 Å². The van der Waals surface area contributed by atoms with Gasteiger partial charge < -0.3 is 4.90 Å². The minimum absolute atomic E-state index is 0.0226. The maximum absolute atomic E-state index is 11.3. The molecule has 0 bridgehead atoms. The summed E-state index contributed by atoms with van der Waals surface area (Å²) in [6.07, 6.45) is 2.48. The summed E-state index contributed by atoms with van der Waals surface area (Å²) in [5.41, 5.74) is 1.75. The molecule has 1 aliphatic heterocycles. The largest absolute Gasteiger partial charge is 0.371 e. The molecule has 0 amide bonds. The molecule has 0 spiro atoms. The summed E-state index contributed by atoms with van der Waals surface area (Å²) in [7, 11) is 0. The number of carbonyl (C=O) groups excluding carboxylic acids is 1. The van der Waals surface area contributed by atoms with Crippen LogP contribution in [0.4, 0.5) is 5.69 Å². The zero-order valence-corrected chi connectivity index (χ0v) is 11.1. The Hall–Kier alpha value is -1.02. The molecule has 1 saturated heterocycles. The van der Waals surface area contributed by atoms with Crippen molar-refractivity contribution >= 4 is 23.1 Å². The molecule has 1 fully saturated rings. The van der Waals surface area contributed by atoms with E-state index in [1.807, 2.05) is 18.2 Å². The molecule has 2 rings (SSSR count). The number of nitrogens with zero attached hydrogens (tertiary/aromatic N) is 1. The second-order valence-corrected chi connectivity index (χ2v) is 5.14. The highest BCUT2D eigenvalue weighted by atomic mass is 35.5. The van der Waals surface area contributed by atoms with Gasteiger partial charge in [-0.2, -0.15) is 0 Å². The molecule has 2 nitrogen and oxygen atoms in total. The average Bonchev–Trinajstić information content (AvgIpc) is 2.76. The molecular weight excluding hydrogens is 234 g/mol. The standard InChI is InChI=1S/C14H18ClNO/c1-3-11-6-7-16(9-11)12-4-5-13(10(2)17)14(15)8-12/h4-5,8,11H,3,6-7,9H2,1-2H3. The van der Waals surface area contributed by atoms with Gasteiger partial charge in [-0.15, -0.1) is 0 Å². The maximum atomic E-state index is 11.3. The smallest absolute Gasteiger partial charge is 0.161 e. The van der Waals surface area contributed by atoms with Gasteiger partial charge in [0, 0.05) is 24.3 Å². The molecule has 17 heavy (non-hydrogen) atoms. The van der Waals surface area contributed by atoms with Crippen LogP contribution >= 0.6 is 11.6 Å². The third-order valence-electron chi connectivity index (χ3n) is 3.56. The molecule has 0 radical (unpaired) electrons. The summed E-state index contributed by atoms with van der Waals surface area (Å²) in [5, 5.41) is 0.565. The van der Waals surface area contributed by atoms with E-state index in [4.69, 9.17) is 11.6 Å². The molecule has 1 aliphatic rings. The van der Waals surface area contributed by atoms with Crippen molar-refractivity contribution in [1.29, 1.82) is 0 Å². The lowest BCUT2D eigenvalue weighted by atomic mass is 10.1. The number of carbonyl (C=O) groups is 1. The number of Topliss-reactive ketones (excluding diaryl/α,β-unsaturated/α-hetero) is 1.